The van der Waals surface area contributed by atoms with Crippen LogP contribution in [0.3, 0.4) is 0 Å². The van der Waals surface area contributed by atoms with Crippen molar-refractivity contribution < 1.29 is 4.79 Å². The molecule has 2 unspecified atom stereocenters. The van der Waals surface area contributed by atoms with Gasteiger partial charge < -0.3 is 10.6 Å². The van der Waals surface area contributed by atoms with Crippen LogP contribution in [0.15, 0.2) is 0 Å². The van der Waals surface area contributed by atoms with Gasteiger partial charge in [-0.2, -0.15) is 5.26 Å². The van der Waals surface area contributed by atoms with Crippen molar-refractivity contribution in [3.8, 4) is 6.07 Å². The van der Waals surface area contributed by atoms with Crippen molar-refractivity contribution in [1.29, 1.82) is 5.26 Å². The highest BCUT2D eigenvalue weighted by atomic mass is 16.2. The Balaban J connectivity index is 2.58. The van der Waals surface area contributed by atoms with Gasteiger partial charge in [0.05, 0.1) is 17.9 Å². The molecule has 90 valence electrons. The third-order valence-corrected chi connectivity index (χ3v) is 3.41. The molecule has 1 amide bonds. The van der Waals surface area contributed by atoms with Crippen molar-refractivity contribution in [2.75, 3.05) is 13.1 Å². The lowest BCUT2D eigenvalue weighted by Crippen LogP contribution is -2.52. The van der Waals surface area contributed by atoms with Gasteiger partial charge in [-0.15, -0.1) is 0 Å². The van der Waals surface area contributed by atoms with Gasteiger partial charge in [0.25, 0.3) is 0 Å². The zero-order chi connectivity index (χ0) is 12.0. The lowest BCUT2D eigenvalue weighted by molar-refractivity contribution is -0.133. The fourth-order valence-corrected chi connectivity index (χ4v) is 2.19. The fourth-order valence-electron chi connectivity index (χ4n) is 2.19. The van der Waals surface area contributed by atoms with Crippen molar-refractivity contribution in [2.45, 2.75) is 45.6 Å². The number of hydrogen-bond acceptors (Lipinski definition) is 3. The zero-order valence-corrected chi connectivity index (χ0v) is 10.2. The number of rotatable bonds is 4. The van der Waals surface area contributed by atoms with Crippen LogP contribution in [0.1, 0.15) is 39.5 Å². The first-order chi connectivity index (χ1) is 7.64. The monoisotopic (exact) mass is 223 g/mol. The Labute approximate surface area is 97.4 Å². The third kappa shape index (κ3) is 2.96. The van der Waals surface area contributed by atoms with Gasteiger partial charge in [-0.3, -0.25) is 4.79 Å². The normalized spacial score (nSPS) is 26.8. The summed E-state index contributed by atoms with van der Waals surface area (Å²) in [5.41, 5.74) is -0.262. The van der Waals surface area contributed by atoms with Crippen molar-refractivity contribution >= 4 is 5.91 Å². The molecule has 0 aliphatic carbocycles. The van der Waals surface area contributed by atoms with Gasteiger partial charge >= 0.3 is 0 Å². The van der Waals surface area contributed by atoms with Gasteiger partial charge in [0, 0.05) is 12.6 Å². The molecule has 0 bridgehead atoms. The largest absolute Gasteiger partial charge is 0.352 e. The predicted octanol–water partition coefficient (Wildman–Crippen LogP) is 1.18. The third-order valence-electron chi connectivity index (χ3n) is 3.41. The number of nitrogens with zero attached hydrogens (tertiary/aromatic N) is 1. The molecule has 4 nitrogen and oxygen atoms in total. The molecule has 16 heavy (non-hydrogen) atoms. The molecule has 1 fully saturated rings. The molecule has 1 aliphatic heterocycles. The van der Waals surface area contributed by atoms with E-state index in [-0.39, 0.29) is 17.4 Å². The minimum absolute atomic E-state index is 0.0529. The van der Waals surface area contributed by atoms with E-state index in [1.165, 1.54) is 0 Å². The number of nitriles is 1. The second-order valence-electron chi connectivity index (χ2n) is 4.65. The summed E-state index contributed by atoms with van der Waals surface area (Å²) in [6.45, 7) is 5.69. The molecule has 0 aromatic heterocycles. The molecule has 2 N–H and O–H groups in total. The molecule has 2 atom stereocenters. The maximum atomic E-state index is 12.2. The van der Waals surface area contributed by atoms with E-state index >= 15 is 0 Å². The van der Waals surface area contributed by atoms with Crippen molar-refractivity contribution in [3.63, 3.8) is 0 Å². The predicted molar refractivity (Wildman–Crippen MR) is 62.7 cm³/mol. The highest BCUT2D eigenvalue weighted by Crippen LogP contribution is 2.30. The summed E-state index contributed by atoms with van der Waals surface area (Å²) < 4.78 is 0. The van der Waals surface area contributed by atoms with E-state index in [1.807, 2.05) is 6.92 Å². The topological polar surface area (TPSA) is 64.9 Å². The zero-order valence-electron chi connectivity index (χ0n) is 10.2. The van der Waals surface area contributed by atoms with Crippen LogP contribution in [0, 0.1) is 16.7 Å². The summed E-state index contributed by atoms with van der Waals surface area (Å²) in [7, 11) is 0. The lowest BCUT2D eigenvalue weighted by atomic mass is 9.77. The van der Waals surface area contributed by atoms with Crippen LogP contribution in [-0.2, 0) is 4.79 Å². The van der Waals surface area contributed by atoms with E-state index in [0.29, 0.717) is 6.42 Å². The van der Waals surface area contributed by atoms with E-state index in [1.54, 1.807) is 0 Å². The first kappa shape index (κ1) is 13.0. The lowest BCUT2D eigenvalue weighted by Gasteiger charge is -2.36. The Hall–Kier alpha value is -1.08. The maximum Gasteiger partial charge on any atom is 0.227 e. The van der Waals surface area contributed by atoms with Crippen molar-refractivity contribution in [1.82, 2.24) is 10.6 Å². The summed E-state index contributed by atoms with van der Waals surface area (Å²) in [5.74, 6) is 0.102. The highest BCUT2D eigenvalue weighted by molar-refractivity contribution is 5.83. The molecule has 1 heterocycles. The molecule has 0 aromatic rings. The van der Waals surface area contributed by atoms with Gasteiger partial charge in [0.2, 0.25) is 5.91 Å². The average molecular weight is 223 g/mol. The van der Waals surface area contributed by atoms with Crippen LogP contribution in [-0.4, -0.2) is 25.0 Å². The maximum absolute atomic E-state index is 12.2. The Morgan fingerprint density at radius 1 is 1.69 bits per heavy atom. The molecular formula is C12H21N3O. The van der Waals surface area contributed by atoms with Crippen LogP contribution in [0.4, 0.5) is 0 Å². The fraction of sp³-hybridized carbons (Fsp3) is 0.833. The SMILES string of the molecule is CCC1(C(=O)NC(C)CC#N)CCCNC1. The van der Waals surface area contributed by atoms with Crippen molar-refractivity contribution in [2.24, 2.45) is 5.41 Å². The molecular weight excluding hydrogens is 202 g/mol. The molecule has 0 spiro atoms. The number of nitrogens with one attached hydrogen (secondary N) is 2. The molecule has 1 aliphatic rings. The molecule has 1 rings (SSSR count). The van der Waals surface area contributed by atoms with Crippen LogP contribution < -0.4 is 10.6 Å². The van der Waals surface area contributed by atoms with Gasteiger partial charge in [0.15, 0.2) is 0 Å². The van der Waals surface area contributed by atoms with Crippen molar-refractivity contribution in [3.05, 3.63) is 0 Å². The average Bonchev–Trinajstić information content (AvgIpc) is 2.30. The van der Waals surface area contributed by atoms with Crippen LogP contribution in [0.25, 0.3) is 0 Å². The molecule has 0 saturated carbocycles. The summed E-state index contributed by atoms with van der Waals surface area (Å²) in [5, 5.41) is 14.8. The highest BCUT2D eigenvalue weighted by Gasteiger charge is 2.38. The quantitative estimate of drug-likeness (QED) is 0.752. The summed E-state index contributed by atoms with van der Waals surface area (Å²) in [4.78, 5) is 12.2. The second kappa shape index (κ2) is 5.86. The van der Waals surface area contributed by atoms with Gasteiger partial charge in [-0.1, -0.05) is 6.92 Å². The smallest absolute Gasteiger partial charge is 0.227 e. The van der Waals surface area contributed by atoms with E-state index in [9.17, 15) is 4.79 Å². The van der Waals surface area contributed by atoms with Crippen LogP contribution in [0.2, 0.25) is 0 Å². The Bertz CT molecular complexity index is 276. The first-order valence-corrected chi connectivity index (χ1v) is 6.03. The Kier molecular flexibility index (Phi) is 4.75. The minimum atomic E-state index is -0.262. The number of carbonyl (C=O) groups is 1. The van der Waals surface area contributed by atoms with E-state index in [2.05, 4.69) is 23.6 Å². The second-order valence-corrected chi connectivity index (χ2v) is 4.65. The first-order valence-electron chi connectivity index (χ1n) is 6.03. The van der Waals surface area contributed by atoms with Crippen LogP contribution >= 0.6 is 0 Å². The van der Waals surface area contributed by atoms with Crippen LogP contribution in [0.5, 0.6) is 0 Å². The number of carbonyl (C=O) groups excluding carboxylic acids is 1. The van der Waals surface area contributed by atoms with E-state index in [4.69, 9.17) is 5.26 Å². The van der Waals surface area contributed by atoms with E-state index in [0.717, 1.165) is 32.4 Å². The van der Waals surface area contributed by atoms with Gasteiger partial charge in [0.1, 0.15) is 0 Å². The molecule has 0 aromatic carbocycles. The summed E-state index contributed by atoms with van der Waals surface area (Å²) >= 11 is 0. The minimum Gasteiger partial charge on any atom is -0.352 e. The number of amides is 1. The Morgan fingerprint density at radius 3 is 2.94 bits per heavy atom. The summed E-state index contributed by atoms with van der Waals surface area (Å²) in [6, 6.07) is 2.02. The van der Waals surface area contributed by atoms with E-state index < -0.39 is 0 Å². The molecule has 0 radical (unpaired) electrons. The number of hydrogen-bond donors (Lipinski definition) is 2. The standard InChI is InChI=1S/C12H21N3O/c1-3-12(6-4-8-14-9-12)11(16)15-10(2)5-7-13/h10,14H,3-6,8-9H2,1-2H3,(H,15,16). The Morgan fingerprint density at radius 2 is 2.44 bits per heavy atom. The molecule has 1 saturated heterocycles. The van der Waals surface area contributed by atoms with Gasteiger partial charge in [-0.05, 0) is 32.7 Å². The van der Waals surface area contributed by atoms with Gasteiger partial charge in [-0.25, -0.2) is 0 Å². The summed E-state index contributed by atoms with van der Waals surface area (Å²) in [6.07, 6.45) is 3.22. The number of piperidine rings is 1. The molecule has 4 heteroatoms.